The van der Waals surface area contributed by atoms with Gasteiger partial charge < -0.3 is 5.73 Å². The van der Waals surface area contributed by atoms with Crippen molar-refractivity contribution in [3.63, 3.8) is 0 Å². The van der Waals surface area contributed by atoms with Gasteiger partial charge in [-0.25, -0.2) is 0 Å². The zero-order valence-electron chi connectivity index (χ0n) is 8.07. The van der Waals surface area contributed by atoms with Crippen LogP contribution in [0.3, 0.4) is 0 Å². The van der Waals surface area contributed by atoms with Gasteiger partial charge in [0.25, 0.3) is 5.69 Å². The molecule has 5 heteroatoms. The molecule has 0 unspecified atom stereocenters. The van der Waals surface area contributed by atoms with Gasteiger partial charge in [-0.3, -0.25) is 10.1 Å². The van der Waals surface area contributed by atoms with Crippen LogP contribution >= 0.6 is 15.9 Å². The SMILES string of the molecule is NC1(Cc2ccc([N+](=O)[O-])cc2Br)CC1. The van der Waals surface area contributed by atoms with E-state index in [4.69, 9.17) is 5.73 Å². The van der Waals surface area contributed by atoms with E-state index in [2.05, 4.69) is 15.9 Å². The molecule has 0 aromatic heterocycles. The second-order valence-corrected chi connectivity index (χ2v) is 4.93. The number of rotatable bonds is 3. The highest BCUT2D eigenvalue weighted by Gasteiger charge is 2.38. The first-order valence-electron chi connectivity index (χ1n) is 4.72. The fraction of sp³-hybridized carbons (Fsp3) is 0.400. The molecule has 2 N–H and O–H groups in total. The molecule has 0 spiro atoms. The summed E-state index contributed by atoms with van der Waals surface area (Å²) in [5.74, 6) is 0. The van der Waals surface area contributed by atoms with Crippen molar-refractivity contribution in [1.82, 2.24) is 0 Å². The van der Waals surface area contributed by atoms with Gasteiger partial charge >= 0.3 is 0 Å². The van der Waals surface area contributed by atoms with E-state index in [0.29, 0.717) is 0 Å². The van der Waals surface area contributed by atoms with E-state index < -0.39 is 4.92 Å². The van der Waals surface area contributed by atoms with Crippen molar-refractivity contribution in [3.05, 3.63) is 38.3 Å². The lowest BCUT2D eigenvalue weighted by Gasteiger charge is -2.09. The summed E-state index contributed by atoms with van der Waals surface area (Å²) in [5.41, 5.74) is 7.07. The third kappa shape index (κ3) is 2.35. The summed E-state index contributed by atoms with van der Waals surface area (Å²) in [6, 6.07) is 4.82. The third-order valence-electron chi connectivity index (χ3n) is 2.68. The van der Waals surface area contributed by atoms with E-state index in [1.165, 1.54) is 12.1 Å². The molecule has 15 heavy (non-hydrogen) atoms. The topological polar surface area (TPSA) is 69.2 Å². The van der Waals surface area contributed by atoms with Crippen LogP contribution in [-0.4, -0.2) is 10.5 Å². The van der Waals surface area contributed by atoms with Gasteiger partial charge in [0, 0.05) is 22.1 Å². The molecule has 0 atom stereocenters. The molecule has 1 aliphatic carbocycles. The Hall–Kier alpha value is -0.940. The van der Waals surface area contributed by atoms with Crippen molar-refractivity contribution >= 4 is 21.6 Å². The average molecular weight is 271 g/mol. The molecule has 0 amide bonds. The number of benzene rings is 1. The zero-order chi connectivity index (χ0) is 11.1. The van der Waals surface area contributed by atoms with Gasteiger partial charge in [-0.2, -0.15) is 0 Å². The largest absolute Gasteiger partial charge is 0.325 e. The number of nitrogens with zero attached hydrogens (tertiary/aromatic N) is 1. The molecule has 4 nitrogen and oxygen atoms in total. The molecule has 1 aromatic rings. The van der Waals surface area contributed by atoms with Gasteiger partial charge in [-0.1, -0.05) is 22.0 Å². The van der Waals surface area contributed by atoms with Gasteiger partial charge in [0.1, 0.15) is 0 Å². The highest BCUT2D eigenvalue weighted by molar-refractivity contribution is 9.10. The first-order chi connectivity index (χ1) is 7.00. The Morgan fingerprint density at radius 2 is 2.20 bits per heavy atom. The van der Waals surface area contributed by atoms with E-state index in [0.717, 1.165) is 29.3 Å². The Morgan fingerprint density at radius 3 is 2.67 bits per heavy atom. The number of nitro groups is 1. The average Bonchev–Trinajstić information content (AvgIpc) is 2.87. The molecule has 0 heterocycles. The minimum absolute atomic E-state index is 0.0708. The standard InChI is InChI=1S/C10H11BrN2O2/c11-9-5-8(13(14)15)2-1-7(9)6-10(12)3-4-10/h1-2,5H,3-4,6,12H2. The van der Waals surface area contributed by atoms with Crippen LogP contribution in [0.25, 0.3) is 0 Å². The number of hydrogen-bond acceptors (Lipinski definition) is 3. The quantitative estimate of drug-likeness (QED) is 0.677. The molecule has 2 rings (SSSR count). The van der Waals surface area contributed by atoms with Crippen LogP contribution in [0.5, 0.6) is 0 Å². The van der Waals surface area contributed by atoms with E-state index in [-0.39, 0.29) is 11.2 Å². The first-order valence-corrected chi connectivity index (χ1v) is 5.51. The van der Waals surface area contributed by atoms with Crippen LogP contribution in [0.15, 0.2) is 22.7 Å². The molecule has 1 saturated carbocycles. The van der Waals surface area contributed by atoms with E-state index in [1.54, 1.807) is 6.07 Å². The van der Waals surface area contributed by atoms with Crippen LogP contribution in [-0.2, 0) is 6.42 Å². The van der Waals surface area contributed by atoms with Crippen molar-refractivity contribution in [2.45, 2.75) is 24.8 Å². The second kappa shape index (κ2) is 3.57. The highest BCUT2D eigenvalue weighted by atomic mass is 79.9. The van der Waals surface area contributed by atoms with Crippen LogP contribution in [0.4, 0.5) is 5.69 Å². The number of halogens is 1. The molecular weight excluding hydrogens is 260 g/mol. The van der Waals surface area contributed by atoms with Crippen LogP contribution in [0.1, 0.15) is 18.4 Å². The van der Waals surface area contributed by atoms with Gasteiger partial charge in [-0.05, 0) is 24.8 Å². The Balaban J connectivity index is 2.22. The third-order valence-corrected chi connectivity index (χ3v) is 3.42. The van der Waals surface area contributed by atoms with E-state index in [1.807, 2.05) is 0 Å². The Kier molecular flexibility index (Phi) is 2.52. The Morgan fingerprint density at radius 1 is 1.53 bits per heavy atom. The number of nitrogens with two attached hydrogens (primary N) is 1. The highest BCUT2D eigenvalue weighted by Crippen LogP contribution is 2.37. The fourth-order valence-corrected chi connectivity index (χ4v) is 2.02. The molecule has 80 valence electrons. The van der Waals surface area contributed by atoms with Gasteiger partial charge in [0.2, 0.25) is 0 Å². The summed E-state index contributed by atoms with van der Waals surface area (Å²) in [5, 5.41) is 10.5. The number of hydrogen-bond donors (Lipinski definition) is 1. The van der Waals surface area contributed by atoms with Crippen molar-refractivity contribution in [2.75, 3.05) is 0 Å². The van der Waals surface area contributed by atoms with E-state index >= 15 is 0 Å². The lowest BCUT2D eigenvalue weighted by atomic mass is 10.0. The van der Waals surface area contributed by atoms with Crippen molar-refractivity contribution in [2.24, 2.45) is 5.73 Å². The van der Waals surface area contributed by atoms with E-state index in [9.17, 15) is 10.1 Å². The smallest absolute Gasteiger partial charge is 0.270 e. The second-order valence-electron chi connectivity index (χ2n) is 4.07. The molecule has 0 saturated heterocycles. The van der Waals surface area contributed by atoms with Gasteiger partial charge in [-0.15, -0.1) is 0 Å². The van der Waals surface area contributed by atoms with Gasteiger partial charge in [0.15, 0.2) is 0 Å². The molecule has 1 aromatic carbocycles. The van der Waals surface area contributed by atoms with Crippen molar-refractivity contribution < 1.29 is 4.92 Å². The summed E-state index contributed by atoms with van der Waals surface area (Å²) < 4.78 is 0.772. The minimum atomic E-state index is -0.399. The maximum absolute atomic E-state index is 10.5. The molecule has 0 bridgehead atoms. The summed E-state index contributed by atoms with van der Waals surface area (Å²) in [7, 11) is 0. The lowest BCUT2D eigenvalue weighted by molar-refractivity contribution is -0.384. The Labute approximate surface area is 95.7 Å². The minimum Gasteiger partial charge on any atom is -0.325 e. The zero-order valence-corrected chi connectivity index (χ0v) is 9.66. The van der Waals surface area contributed by atoms with Crippen molar-refractivity contribution in [3.8, 4) is 0 Å². The maximum Gasteiger partial charge on any atom is 0.270 e. The van der Waals surface area contributed by atoms with Crippen molar-refractivity contribution in [1.29, 1.82) is 0 Å². The van der Waals surface area contributed by atoms with Crippen LogP contribution < -0.4 is 5.73 Å². The first kappa shape index (κ1) is 10.6. The molecule has 0 radical (unpaired) electrons. The normalized spacial score (nSPS) is 17.5. The predicted molar refractivity (Wildman–Crippen MR) is 60.7 cm³/mol. The Bertz CT molecular complexity index is 416. The summed E-state index contributed by atoms with van der Waals surface area (Å²) in [6.45, 7) is 0. The van der Waals surface area contributed by atoms with Gasteiger partial charge in [0.05, 0.1) is 4.92 Å². The summed E-state index contributed by atoms with van der Waals surface area (Å²) >= 11 is 3.34. The molecule has 0 aliphatic heterocycles. The summed E-state index contributed by atoms with van der Waals surface area (Å²) in [4.78, 5) is 10.1. The molecule has 1 fully saturated rings. The maximum atomic E-state index is 10.5. The van der Waals surface area contributed by atoms with Crippen LogP contribution in [0, 0.1) is 10.1 Å². The predicted octanol–water partition coefficient (Wildman–Crippen LogP) is 2.39. The lowest BCUT2D eigenvalue weighted by Crippen LogP contribution is -2.24. The monoisotopic (exact) mass is 270 g/mol. The number of nitro benzene ring substituents is 1. The van der Waals surface area contributed by atoms with Crippen LogP contribution in [0.2, 0.25) is 0 Å². The molecule has 1 aliphatic rings. The molecular formula is C10H11BrN2O2. The number of non-ortho nitro benzene ring substituents is 1. The summed E-state index contributed by atoms with van der Waals surface area (Å²) in [6.07, 6.45) is 2.86. The fourth-order valence-electron chi connectivity index (χ4n) is 1.51.